The maximum Gasteiger partial charge on any atom is 0.313 e. The highest BCUT2D eigenvalue weighted by atomic mass is 16.2. The average Bonchev–Trinajstić information content (AvgIpc) is 2.64. The third-order valence-corrected chi connectivity index (χ3v) is 5.52. The molecule has 3 heterocycles. The van der Waals surface area contributed by atoms with Crippen molar-refractivity contribution >= 4 is 29.2 Å². The molecule has 1 aromatic rings. The minimum atomic E-state index is -0.680. The van der Waals surface area contributed by atoms with E-state index in [-0.39, 0.29) is 17.9 Å². The number of anilines is 2. The van der Waals surface area contributed by atoms with Crippen LogP contribution in [0.5, 0.6) is 0 Å². The summed E-state index contributed by atoms with van der Waals surface area (Å²) in [5.74, 6) is -0.392. The first-order chi connectivity index (χ1) is 12.8. The van der Waals surface area contributed by atoms with Gasteiger partial charge in [0.1, 0.15) is 5.82 Å². The number of aromatic nitrogens is 1. The third kappa shape index (κ3) is 4.37. The normalized spacial score (nSPS) is 25.6. The molecule has 1 aromatic heterocycles. The number of rotatable bonds is 2. The summed E-state index contributed by atoms with van der Waals surface area (Å²) in [6.45, 7) is 5.03. The molecular weight excluding hydrogens is 346 g/mol. The smallest absolute Gasteiger partial charge is 0.313 e. The molecule has 0 spiro atoms. The third-order valence-electron chi connectivity index (χ3n) is 5.52. The fraction of sp³-hybridized carbons (Fsp3) is 0.579. The summed E-state index contributed by atoms with van der Waals surface area (Å²) < 4.78 is 0. The number of hydrogen-bond donors (Lipinski definition) is 3. The number of hydrogen-bond acceptors (Lipinski definition) is 5. The fourth-order valence-corrected chi connectivity index (χ4v) is 4.00. The van der Waals surface area contributed by atoms with Crippen LogP contribution in [0, 0.1) is 18.8 Å². The summed E-state index contributed by atoms with van der Waals surface area (Å²) in [5.41, 5.74) is 6.87. The van der Waals surface area contributed by atoms with Crippen LogP contribution < -0.4 is 16.4 Å². The summed E-state index contributed by atoms with van der Waals surface area (Å²) in [6, 6.07) is 1.62. The Balaban J connectivity index is 1.73. The molecule has 146 valence electrons. The summed E-state index contributed by atoms with van der Waals surface area (Å²) in [5, 5.41) is 5.46. The van der Waals surface area contributed by atoms with Crippen LogP contribution in [0.4, 0.5) is 11.5 Å². The molecular formula is C19H27N5O3. The van der Waals surface area contributed by atoms with E-state index < -0.39 is 11.8 Å². The molecule has 1 unspecified atom stereocenters. The average molecular weight is 373 g/mol. The zero-order valence-electron chi connectivity index (χ0n) is 15.8. The lowest BCUT2D eigenvalue weighted by atomic mass is 9.81. The van der Waals surface area contributed by atoms with Crippen molar-refractivity contribution in [3.05, 3.63) is 17.8 Å². The van der Waals surface area contributed by atoms with Crippen molar-refractivity contribution in [3.63, 3.8) is 0 Å². The molecule has 3 atom stereocenters. The van der Waals surface area contributed by atoms with Gasteiger partial charge in [-0.05, 0) is 49.7 Å². The Morgan fingerprint density at radius 3 is 2.81 bits per heavy atom. The van der Waals surface area contributed by atoms with E-state index >= 15 is 0 Å². The van der Waals surface area contributed by atoms with Crippen molar-refractivity contribution in [2.24, 2.45) is 11.8 Å². The van der Waals surface area contributed by atoms with Crippen LogP contribution in [0.3, 0.4) is 0 Å². The van der Waals surface area contributed by atoms with Crippen LogP contribution in [-0.4, -0.2) is 46.7 Å². The van der Waals surface area contributed by atoms with Gasteiger partial charge < -0.3 is 21.3 Å². The van der Waals surface area contributed by atoms with Gasteiger partial charge in [-0.15, -0.1) is 0 Å². The van der Waals surface area contributed by atoms with Gasteiger partial charge in [-0.25, -0.2) is 4.98 Å². The van der Waals surface area contributed by atoms with E-state index in [2.05, 4.69) is 22.5 Å². The van der Waals surface area contributed by atoms with Gasteiger partial charge >= 0.3 is 11.8 Å². The van der Waals surface area contributed by atoms with Gasteiger partial charge in [0.25, 0.3) is 0 Å². The highest BCUT2D eigenvalue weighted by Crippen LogP contribution is 2.31. The number of nitrogens with one attached hydrogen (secondary N) is 2. The first-order valence-corrected chi connectivity index (χ1v) is 9.46. The number of piperidine rings is 2. The molecule has 8 nitrogen and oxygen atoms in total. The maximum absolute atomic E-state index is 12.9. The highest BCUT2D eigenvalue weighted by molar-refractivity contribution is 6.39. The Labute approximate surface area is 158 Å². The Morgan fingerprint density at radius 2 is 2.11 bits per heavy atom. The second kappa shape index (κ2) is 7.94. The maximum atomic E-state index is 12.9. The Bertz CT molecular complexity index is 751. The molecule has 0 aromatic carbocycles. The van der Waals surface area contributed by atoms with E-state index in [1.807, 2.05) is 0 Å². The Hall–Kier alpha value is -2.64. The van der Waals surface area contributed by atoms with Crippen molar-refractivity contribution in [3.8, 4) is 0 Å². The number of amides is 3. The van der Waals surface area contributed by atoms with Crippen molar-refractivity contribution in [2.45, 2.75) is 45.6 Å². The molecule has 2 aliphatic rings. The van der Waals surface area contributed by atoms with E-state index in [4.69, 9.17) is 5.73 Å². The second-order valence-corrected chi connectivity index (χ2v) is 7.69. The predicted molar refractivity (Wildman–Crippen MR) is 102 cm³/mol. The highest BCUT2D eigenvalue weighted by Gasteiger charge is 2.39. The van der Waals surface area contributed by atoms with Crippen molar-refractivity contribution in [1.82, 2.24) is 15.2 Å². The van der Waals surface area contributed by atoms with E-state index in [0.29, 0.717) is 36.9 Å². The number of nitrogens with zero attached hydrogens (tertiary/aromatic N) is 2. The van der Waals surface area contributed by atoms with E-state index in [1.165, 1.54) is 6.20 Å². The van der Waals surface area contributed by atoms with Gasteiger partial charge in [0.05, 0.1) is 11.9 Å². The first-order valence-electron chi connectivity index (χ1n) is 9.46. The summed E-state index contributed by atoms with van der Waals surface area (Å²) in [4.78, 5) is 42.9. The van der Waals surface area contributed by atoms with Crippen LogP contribution >= 0.6 is 0 Å². The van der Waals surface area contributed by atoms with Gasteiger partial charge in [0.15, 0.2) is 0 Å². The van der Waals surface area contributed by atoms with Crippen LogP contribution in [0.2, 0.25) is 0 Å². The van der Waals surface area contributed by atoms with Gasteiger partial charge in [-0.3, -0.25) is 14.4 Å². The molecule has 3 rings (SSSR count). The molecule has 2 aliphatic heterocycles. The number of likely N-dealkylation sites (tertiary alicyclic amines) is 1. The molecule has 8 heteroatoms. The van der Waals surface area contributed by atoms with E-state index in [0.717, 1.165) is 24.8 Å². The molecule has 2 saturated heterocycles. The zero-order chi connectivity index (χ0) is 19.6. The summed E-state index contributed by atoms with van der Waals surface area (Å²) in [6.07, 6.45) is 4.49. The minimum absolute atomic E-state index is 0.0187. The lowest BCUT2D eigenvalue weighted by Crippen LogP contribution is -2.55. The largest absolute Gasteiger partial charge is 0.383 e. The molecule has 0 radical (unpaired) electrons. The molecule has 4 N–H and O–H groups in total. The van der Waals surface area contributed by atoms with E-state index in [1.54, 1.807) is 17.9 Å². The number of pyridine rings is 1. The van der Waals surface area contributed by atoms with E-state index in [9.17, 15) is 14.4 Å². The summed E-state index contributed by atoms with van der Waals surface area (Å²) in [7, 11) is 0. The molecule has 0 bridgehead atoms. The Morgan fingerprint density at radius 1 is 1.33 bits per heavy atom. The Kier molecular flexibility index (Phi) is 5.62. The standard InChI is InChI=1S/C19H27N5O3/c1-11-3-4-15(13-5-6-21-16(25)8-13)24(10-11)19(27)18(26)23-14-7-12(2)17(20)22-9-14/h7,9,11,13,15H,3-6,8,10H2,1-2H3,(H2,20,22)(H,21,25)(H,23,26)/t11-,13?,15-/m0/s1. The van der Waals surface area contributed by atoms with Crippen LogP contribution in [-0.2, 0) is 14.4 Å². The number of nitrogens with two attached hydrogens (primary N) is 1. The number of nitrogen functional groups attached to an aromatic ring is 1. The number of carbonyl (C=O) groups is 3. The monoisotopic (exact) mass is 373 g/mol. The first kappa shape index (κ1) is 19.1. The molecule has 0 aliphatic carbocycles. The quantitative estimate of drug-likeness (QED) is 0.670. The van der Waals surface area contributed by atoms with Crippen molar-refractivity contribution in [1.29, 1.82) is 0 Å². The lowest BCUT2D eigenvalue weighted by molar-refractivity contribution is -0.148. The lowest BCUT2D eigenvalue weighted by Gasteiger charge is -2.43. The van der Waals surface area contributed by atoms with Gasteiger partial charge in [-0.1, -0.05) is 6.92 Å². The van der Waals surface area contributed by atoms with Crippen LogP contribution in [0.15, 0.2) is 12.3 Å². The minimum Gasteiger partial charge on any atom is -0.383 e. The van der Waals surface area contributed by atoms with Crippen molar-refractivity contribution < 1.29 is 14.4 Å². The van der Waals surface area contributed by atoms with Gasteiger partial charge in [0.2, 0.25) is 5.91 Å². The SMILES string of the molecule is Cc1cc(NC(=O)C(=O)N2C[C@@H](C)CC[C@H]2C2CCNC(=O)C2)cnc1N. The molecule has 27 heavy (non-hydrogen) atoms. The summed E-state index contributed by atoms with van der Waals surface area (Å²) >= 11 is 0. The van der Waals surface area contributed by atoms with Gasteiger partial charge in [0, 0.05) is 25.6 Å². The zero-order valence-corrected chi connectivity index (χ0v) is 15.8. The second-order valence-electron chi connectivity index (χ2n) is 7.69. The van der Waals surface area contributed by atoms with Crippen LogP contribution in [0.1, 0.15) is 38.2 Å². The van der Waals surface area contributed by atoms with Crippen molar-refractivity contribution in [2.75, 3.05) is 24.1 Å². The fourth-order valence-electron chi connectivity index (χ4n) is 4.00. The molecule has 3 amide bonds. The number of carbonyl (C=O) groups excluding carboxylic acids is 3. The van der Waals surface area contributed by atoms with Gasteiger partial charge in [-0.2, -0.15) is 0 Å². The van der Waals surface area contributed by atoms with Crippen LogP contribution in [0.25, 0.3) is 0 Å². The molecule has 2 fully saturated rings. The molecule has 0 saturated carbocycles. The predicted octanol–water partition coefficient (Wildman–Crippen LogP) is 1.06. The topological polar surface area (TPSA) is 117 Å². The number of aryl methyl sites for hydroxylation is 1.